The second kappa shape index (κ2) is 7.13. The van der Waals surface area contributed by atoms with Crippen LogP contribution in [0.3, 0.4) is 0 Å². The first-order valence-corrected chi connectivity index (χ1v) is 10.0. The molecular formula is C20H18BrN4S+. The van der Waals surface area contributed by atoms with Crippen molar-refractivity contribution in [1.29, 1.82) is 0 Å². The summed E-state index contributed by atoms with van der Waals surface area (Å²) in [6.45, 7) is 3.04. The molecule has 2 aromatic carbocycles. The van der Waals surface area contributed by atoms with Crippen molar-refractivity contribution < 1.29 is 4.57 Å². The topological polar surface area (TPSA) is 33.5 Å². The predicted molar refractivity (Wildman–Crippen MR) is 110 cm³/mol. The first-order valence-electron chi connectivity index (χ1n) is 8.42. The third kappa shape index (κ3) is 2.99. The summed E-state index contributed by atoms with van der Waals surface area (Å²) in [5.74, 6) is 0. The van der Waals surface area contributed by atoms with E-state index in [1.54, 1.807) is 11.3 Å². The summed E-state index contributed by atoms with van der Waals surface area (Å²) in [5.41, 5.74) is 4.35. The van der Waals surface area contributed by atoms with Gasteiger partial charge in [-0.1, -0.05) is 48.5 Å². The molecule has 0 bridgehead atoms. The SMILES string of the molecule is CCn1c(-c2ccccc2)c(N=Nc2sc(Br)c[n+]2C)c2ccccc21. The van der Waals surface area contributed by atoms with Crippen LogP contribution in [0.15, 0.2) is 74.8 Å². The van der Waals surface area contributed by atoms with Crippen LogP contribution in [-0.2, 0) is 13.6 Å². The largest absolute Gasteiger partial charge is 0.409 e. The molecule has 0 saturated carbocycles. The molecule has 0 atom stereocenters. The standard InChI is InChI=1S/C20H18BrN4S/c1-3-25-16-12-8-7-11-15(16)18(19(25)14-9-5-4-6-10-14)22-23-20-24(2)13-17(21)26-20/h4-13H,3H2,1-2H3/q+1. The summed E-state index contributed by atoms with van der Waals surface area (Å²) in [5, 5.41) is 11.2. The van der Waals surface area contributed by atoms with Gasteiger partial charge in [-0.05, 0) is 45.4 Å². The van der Waals surface area contributed by atoms with Crippen molar-refractivity contribution >= 4 is 49.0 Å². The highest BCUT2D eigenvalue weighted by atomic mass is 79.9. The fourth-order valence-electron chi connectivity index (χ4n) is 3.18. The Bertz CT molecular complexity index is 1100. The van der Waals surface area contributed by atoms with Crippen LogP contribution in [-0.4, -0.2) is 4.57 Å². The van der Waals surface area contributed by atoms with Crippen molar-refractivity contribution in [2.75, 3.05) is 0 Å². The molecule has 0 N–H and O–H groups in total. The summed E-state index contributed by atoms with van der Waals surface area (Å²) in [6.07, 6.45) is 1.99. The first kappa shape index (κ1) is 17.1. The van der Waals surface area contributed by atoms with Gasteiger partial charge in [0.1, 0.15) is 15.7 Å². The lowest BCUT2D eigenvalue weighted by atomic mass is 10.1. The fraction of sp³-hybridized carbons (Fsp3) is 0.150. The number of hydrogen-bond donors (Lipinski definition) is 0. The van der Waals surface area contributed by atoms with Crippen molar-refractivity contribution in [3.05, 3.63) is 64.6 Å². The maximum absolute atomic E-state index is 4.70. The summed E-state index contributed by atoms with van der Waals surface area (Å²) in [7, 11) is 1.98. The zero-order chi connectivity index (χ0) is 18.1. The summed E-state index contributed by atoms with van der Waals surface area (Å²) < 4.78 is 5.32. The number of thiazole rings is 1. The van der Waals surface area contributed by atoms with E-state index in [0.29, 0.717) is 0 Å². The number of fused-ring (bicyclic) bond motifs is 1. The molecule has 2 heterocycles. The Labute approximate surface area is 164 Å². The van der Waals surface area contributed by atoms with E-state index >= 15 is 0 Å². The zero-order valence-electron chi connectivity index (χ0n) is 14.6. The van der Waals surface area contributed by atoms with Crippen LogP contribution in [0.1, 0.15) is 6.92 Å². The van der Waals surface area contributed by atoms with E-state index in [4.69, 9.17) is 5.11 Å². The van der Waals surface area contributed by atoms with Crippen LogP contribution in [0.2, 0.25) is 0 Å². The third-order valence-corrected chi connectivity index (χ3v) is 5.87. The highest BCUT2D eigenvalue weighted by molar-refractivity contribution is 9.11. The molecular weight excluding hydrogens is 408 g/mol. The van der Waals surface area contributed by atoms with Crippen LogP contribution in [0, 0.1) is 0 Å². The summed E-state index contributed by atoms with van der Waals surface area (Å²) >= 11 is 5.07. The Morgan fingerprint density at radius 1 is 1.04 bits per heavy atom. The first-order chi connectivity index (χ1) is 12.7. The molecule has 0 fully saturated rings. The van der Waals surface area contributed by atoms with Crippen LogP contribution >= 0.6 is 27.3 Å². The van der Waals surface area contributed by atoms with Gasteiger partial charge in [0.25, 0.3) is 0 Å². The van der Waals surface area contributed by atoms with Gasteiger partial charge in [0.2, 0.25) is 0 Å². The van der Waals surface area contributed by atoms with Gasteiger partial charge in [-0.25, -0.2) is 4.57 Å². The van der Waals surface area contributed by atoms with E-state index in [0.717, 1.165) is 37.8 Å². The number of azo groups is 1. The molecule has 4 rings (SSSR count). The van der Waals surface area contributed by atoms with Gasteiger partial charge < -0.3 is 4.57 Å². The minimum atomic E-state index is 0.851. The molecule has 0 aliphatic carbocycles. The Morgan fingerprint density at radius 3 is 2.46 bits per heavy atom. The van der Waals surface area contributed by atoms with Crippen molar-refractivity contribution in [2.24, 2.45) is 17.3 Å². The molecule has 0 amide bonds. The molecule has 4 aromatic rings. The number of halogens is 1. The Kier molecular flexibility index (Phi) is 4.70. The molecule has 130 valence electrons. The van der Waals surface area contributed by atoms with Crippen molar-refractivity contribution in [3.8, 4) is 11.3 Å². The molecule has 0 aliphatic heterocycles. The molecule has 6 heteroatoms. The van der Waals surface area contributed by atoms with Crippen LogP contribution in [0.5, 0.6) is 0 Å². The summed E-state index contributed by atoms with van der Waals surface area (Å²) in [4.78, 5) is 0. The summed E-state index contributed by atoms with van der Waals surface area (Å²) in [6, 6.07) is 18.8. The number of hydrogen-bond acceptors (Lipinski definition) is 3. The number of aryl methyl sites for hydroxylation is 2. The van der Waals surface area contributed by atoms with Gasteiger partial charge in [0.05, 0.1) is 23.4 Å². The molecule has 4 nitrogen and oxygen atoms in total. The Morgan fingerprint density at radius 2 is 1.77 bits per heavy atom. The Balaban J connectivity index is 1.97. The number of nitrogens with zero attached hydrogens (tertiary/aromatic N) is 4. The van der Waals surface area contributed by atoms with Crippen LogP contribution in [0.25, 0.3) is 22.2 Å². The number of rotatable bonds is 4. The average molecular weight is 426 g/mol. The van der Waals surface area contributed by atoms with E-state index in [1.807, 2.05) is 23.9 Å². The predicted octanol–water partition coefficient (Wildman–Crippen LogP) is 6.39. The van der Waals surface area contributed by atoms with E-state index in [-0.39, 0.29) is 0 Å². The zero-order valence-corrected chi connectivity index (χ0v) is 17.0. The highest BCUT2D eigenvalue weighted by Gasteiger charge is 2.20. The van der Waals surface area contributed by atoms with E-state index in [2.05, 4.69) is 81.1 Å². The molecule has 26 heavy (non-hydrogen) atoms. The quantitative estimate of drug-likeness (QED) is 0.268. The van der Waals surface area contributed by atoms with Gasteiger partial charge >= 0.3 is 5.13 Å². The number of para-hydroxylation sites is 1. The minimum Gasteiger partial charge on any atom is -0.339 e. The van der Waals surface area contributed by atoms with Gasteiger partial charge in [-0.15, -0.1) is 0 Å². The van der Waals surface area contributed by atoms with Gasteiger partial charge in [-0.3, -0.25) is 0 Å². The van der Waals surface area contributed by atoms with Gasteiger partial charge in [0, 0.05) is 17.5 Å². The number of benzene rings is 2. The lowest BCUT2D eigenvalue weighted by Crippen LogP contribution is -2.23. The minimum absolute atomic E-state index is 0.851. The monoisotopic (exact) mass is 425 g/mol. The molecule has 0 unspecified atom stereocenters. The van der Waals surface area contributed by atoms with E-state index in [1.165, 1.54) is 5.52 Å². The molecule has 0 spiro atoms. The lowest BCUT2D eigenvalue weighted by Gasteiger charge is -2.08. The van der Waals surface area contributed by atoms with Gasteiger partial charge in [0.15, 0.2) is 0 Å². The van der Waals surface area contributed by atoms with E-state index in [9.17, 15) is 0 Å². The molecule has 0 radical (unpaired) electrons. The van der Waals surface area contributed by atoms with Gasteiger partial charge in [-0.2, -0.15) is 0 Å². The van der Waals surface area contributed by atoms with Crippen LogP contribution < -0.4 is 4.57 Å². The molecule has 0 saturated heterocycles. The van der Waals surface area contributed by atoms with Crippen molar-refractivity contribution in [3.63, 3.8) is 0 Å². The maximum atomic E-state index is 4.70. The molecule has 2 aromatic heterocycles. The molecule has 0 aliphatic rings. The Hall–Kier alpha value is -2.31. The maximum Gasteiger partial charge on any atom is 0.409 e. The normalized spacial score (nSPS) is 11.7. The lowest BCUT2D eigenvalue weighted by molar-refractivity contribution is -0.654. The highest BCUT2D eigenvalue weighted by Crippen LogP contribution is 2.41. The third-order valence-electron chi connectivity index (χ3n) is 4.33. The second-order valence-corrected chi connectivity index (χ2v) is 8.34. The van der Waals surface area contributed by atoms with Crippen molar-refractivity contribution in [2.45, 2.75) is 13.5 Å². The second-order valence-electron chi connectivity index (χ2n) is 5.95. The number of aromatic nitrogens is 2. The van der Waals surface area contributed by atoms with Crippen molar-refractivity contribution in [1.82, 2.24) is 4.57 Å². The van der Waals surface area contributed by atoms with E-state index < -0.39 is 0 Å². The average Bonchev–Trinajstić information content (AvgIpc) is 3.16. The van der Waals surface area contributed by atoms with Crippen LogP contribution in [0.4, 0.5) is 10.8 Å². The smallest absolute Gasteiger partial charge is 0.339 e. The fourth-order valence-corrected chi connectivity index (χ4v) is 4.59.